The molecular formula is C13H20N2O. The number of aromatic nitrogens is 1. The molecule has 88 valence electrons. The molecule has 0 saturated heterocycles. The number of ether oxygens (including phenoxy) is 1. The summed E-state index contributed by atoms with van der Waals surface area (Å²) in [7, 11) is 0. The Bertz CT molecular complexity index is 339. The highest BCUT2D eigenvalue weighted by Crippen LogP contribution is 2.28. The molecule has 2 aliphatic carbocycles. The normalized spacial score (nSPS) is 20.2. The van der Waals surface area contributed by atoms with Crippen molar-refractivity contribution in [2.45, 2.75) is 45.0 Å². The van der Waals surface area contributed by atoms with Crippen LogP contribution in [-0.4, -0.2) is 17.2 Å². The summed E-state index contributed by atoms with van der Waals surface area (Å²) in [5.74, 6) is 0.851. The van der Waals surface area contributed by atoms with Crippen molar-refractivity contribution in [3.05, 3.63) is 24.0 Å². The second-order valence-electron chi connectivity index (χ2n) is 5.07. The molecule has 1 N–H and O–H groups in total. The molecule has 1 heterocycles. The van der Waals surface area contributed by atoms with Crippen molar-refractivity contribution in [3.8, 4) is 0 Å². The Labute approximate surface area is 96.8 Å². The van der Waals surface area contributed by atoms with Crippen LogP contribution in [0.15, 0.2) is 18.3 Å². The Morgan fingerprint density at radius 3 is 2.94 bits per heavy atom. The zero-order valence-electron chi connectivity index (χ0n) is 9.69. The topological polar surface area (TPSA) is 26.2 Å². The maximum absolute atomic E-state index is 5.70. The van der Waals surface area contributed by atoms with E-state index in [9.17, 15) is 0 Å². The van der Waals surface area contributed by atoms with Gasteiger partial charge in [-0.25, -0.2) is 0 Å². The van der Waals surface area contributed by atoms with Gasteiger partial charge in [-0.1, -0.05) is 0 Å². The van der Waals surface area contributed by atoms with E-state index in [-0.39, 0.29) is 0 Å². The molecule has 16 heavy (non-hydrogen) atoms. The third kappa shape index (κ3) is 2.86. The highest BCUT2D eigenvalue weighted by molar-refractivity contribution is 5.07. The molecule has 0 radical (unpaired) electrons. The molecular weight excluding hydrogens is 200 g/mol. The van der Waals surface area contributed by atoms with Gasteiger partial charge in [0.15, 0.2) is 0 Å². The lowest BCUT2D eigenvalue weighted by Gasteiger charge is -2.10. The Hall–Kier alpha value is -0.800. The summed E-state index contributed by atoms with van der Waals surface area (Å²) >= 11 is 0. The van der Waals surface area contributed by atoms with E-state index in [1.165, 1.54) is 31.4 Å². The predicted molar refractivity (Wildman–Crippen MR) is 63.0 cm³/mol. The molecule has 0 aromatic carbocycles. The van der Waals surface area contributed by atoms with Crippen LogP contribution in [-0.2, 0) is 18.0 Å². The predicted octanol–water partition coefficient (Wildman–Crippen LogP) is 2.12. The highest BCUT2D eigenvalue weighted by atomic mass is 16.5. The summed E-state index contributed by atoms with van der Waals surface area (Å²) < 4.78 is 7.91. The van der Waals surface area contributed by atoms with Crippen LogP contribution < -0.4 is 5.32 Å². The van der Waals surface area contributed by atoms with Gasteiger partial charge in [0.2, 0.25) is 0 Å². The van der Waals surface area contributed by atoms with Gasteiger partial charge in [0.25, 0.3) is 0 Å². The molecule has 1 aromatic heterocycles. The fourth-order valence-corrected chi connectivity index (χ4v) is 1.87. The molecule has 2 fully saturated rings. The zero-order valence-corrected chi connectivity index (χ0v) is 9.69. The van der Waals surface area contributed by atoms with Gasteiger partial charge in [-0.15, -0.1) is 0 Å². The summed E-state index contributed by atoms with van der Waals surface area (Å²) in [5.41, 5.74) is 1.34. The lowest BCUT2D eigenvalue weighted by atomic mass is 10.4. The van der Waals surface area contributed by atoms with E-state index in [4.69, 9.17) is 4.74 Å². The fourth-order valence-electron chi connectivity index (χ4n) is 1.87. The van der Waals surface area contributed by atoms with Crippen LogP contribution in [0, 0.1) is 5.92 Å². The van der Waals surface area contributed by atoms with Crippen LogP contribution in [0.3, 0.4) is 0 Å². The van der Waals surface area contributed by atoms with E-state index in [1.54, 1.807) is 0 Å². The second kappa shape index (κ2) is 4.60. The number of hydrogen-bond acceptors (Lipinski definition) is 2. The van der Waals surface area contributed by atoms with Crippen molar-refractivity contribution < 1.29 is 4.74 Å². The fraction of sp³-hybridized carbons (Fsp3) is 0.692. The van der Waals surface area contributed by atoms with Gasteiger partial charge in [0, 0.05) is 24.5 Å². The average molecular weight is 220 g/mol. The highest BCUT2D eigenvalue weighted by Gasteiger charge is 2.22. The molecule has 0 bridgehead atoms. The number of nitrogens with zero attached hydrogens (tertiary/aromatic N) is 1. The van der Waals surface area contributed by atoms with Gasteiger partial charge >= 0.3 is 0 Å². The molecule has 0 unspecified atom stereocenters. The summed E-state index contributed by atoms with van der Waals surface area (Å²) in [6, 6.07) is 5.05. The standard InChI is InChI=1S/C13H20N2O/c1-2-13(8-14-12-5-6-12)15(7-1)10-16-9-11-3-4-11/h1-2,7,11-12,14H,3-6,8-10H2. The minimum Gasteiger partial charge on any atom is -0.361 e. The third-order valence-corrected chi connectivity index (χ3v) is 3.35. The van der Waals surface area contributed by atoms with Gasteiger partial charge in [-0.05, 0) is 43.7 Å². The van der Waals surface area contributed by atoms with E-state index in [0.29, 0.717) is 6.73 Å². The number of hydrogen-bond donors (Lipinski definition) is 1. The first-order chi connectivity index (χ1) is 7.92. The van der Waals surface area contributed by atoms with E-state index in [0.717, 1.165) is 25.1 Å². The van der Waals surface area contributed by atoms with E-state index < -0.39 is 0 Å². The smallest absolute Gasteiger partial charge is 0.122 e. The van der Waals surface area contributed by atoms with Gasteiger partial charge < -0.3 is 14.6 Å². The first kappa shape index (κ1) is 10.4. The molecule has 0 aliphatic heterocycles. The van der Waals surface area contributed by atoms with Gasteiger partial charge in [-0.3, -0.25) is 0 Å². The van der Waals surface area contributed by atoms with Gasteiger partial charge in [-0.2, -0.15) is 0 Å². The molecule has 3 rings (SSSR count). The van der Waals surface area contributed by atoms with Crippen molar-refractivity contribution in [3.63, 3.8) is 0 Å². The Balaban J connectivity index is 1.45. The average Bonchev–Trinajstić information content (AvgIpc) is 3.18. The van der Waals surface area contributed by atoms with E-state index in [2.05, 4.69) is 28.2 Å². The van der Waals surface area contributed by atoms with E-state index >= 15 is 0 Å². The number of nitrogens with one attached hydrogen (secondary N) is 1. The van der Waals surface area contributed by atoms with Crippen LogP contribution in [0.1, 0.15) is 31.4 Å². The minimum absolute atomic E-state index is 0.713. The van der Waals surface area contributed by atoms with Crippen LogP contribution in [0.5, 0.6) is 0 Å². The van der Waals surface area contributed by atoms with Crippen molar-refractivity contribution in [1.82, 2.24) is 9.88 Å². The minimum atomic E-state index is 0.713. The second-order valence-corrected chi connectivity index (χ2v) is 5.07. The first-order valence-electron chi connectivity index (χ1n) is 6.37. The summed E-state index contributed by atoms with van der Waals surface area (Å²) in [5, 5.41) is 3.53. The van der Waals surface area contributed by atoms with Crippen LogP contribution >= 0.6 is 0 Å². The summed E-state index contributed by atoms with van der Waals surface area (Å²) in [4.78, 5) is 0. The van der Waals surface area contributed by atoms with Crippen molar-refractivity contribution in [1.29, 1.82) is 0 Å². The molecule has 1 aromatic rings. The monoisotopic (exact) mass is 220 g/mol. The molecule has 0 spiro atoms. The molecule has 0 atom stereocenters. The molecule has 0 amide bonds. The maximum atomic E-state index is 5.70. The Morgan fingerprint density at radius 2 is 2.19 bits per heavy atom. The molecule has 2 aliphatic rings. The molecule has 3 nitrogen and oxygen atoms in total. The lowest BCUT2D eigenvalue weighted by Crippen LogP contribution is -2.18. The molecule has 2 saturated carbocycles. The van der Waals surface area contributed by atoms with Crippen LogP contribution in [0.2, 0.25) is 0 Å². The van der Waals surface area contributed by atoms with E-state index in [1.807, 2.05) is 0 Å². The third-order valence-electron chi connectivity index (χ3n) is 3.35. The quantitative estimate of drug-likeness (QED) is 0.762. The lowest BCUT2D eigenvalue weighted by molar-refractivity contribution is 0.0674. The van der Waals surface area contributed by atoms with Crippen molar-refractivity contribution in [2.75, 3.05) is 6.61 Å². The summed E-state index contributed by atoms with van der Waals surface area (Å²) in [6.07, 6.45) is 7.53. The number of rotatable bonds is 7. The van der Waals surface area contributed by atoms with Gasteiger partial charge in [0.05, 0.1) is 6.61 Å². The summed E-state index contributed by atoms with van der Waals surface area (Å²) in [6.45, 7) is 2.63. The Morgan fingerprint density at radius 1 is 1.31 bits per heavy atom. The first-order valence-corrected chi connectivity index (χ1v) is 6.37. The molecule has 3 heteroatoms. The zero-order chi connectivity index (χ0) is 10.8. The van der Waals surface area contributed by atoms with Crippen LogP contribution in [0.25, 0.3) is 0 Å². The SMILES string of the molecule is c1cc(CNC2CC2)n(COCC2CC2)c1. The Kier molecular flexibility index (Phi) is 2.98. The largest absolute Gasteiger partial charge is 0.361 e. The van der Waals surface area contributed by atoms with Crippen LogP contribution in [0.4, 0.5) is 0 Å². The van der Waals surface area contributed by atoms with Crippen molar-refractivity contribution in [2.24, 2.45) is 5.92 Å². The maximum Gasteiger partial charge on any atom is 0.122 e. The van der Waals surface area contributed by atoms with Crippen molar-refractivity contribution >= 4 is 0 Å². The van der Waals surface area contributed by atoms with Gasteiger partial charge in [0.1, 0.15) is 6.73 Å².